The van der Waals surface area contributed by atoms with E-state index in [1.54, 1.807) is 13.1 Å². The van der Waals surface area contributed by atoms with Crippen LogP contribution in [0.2, 0.25) is 5.02 Å². The summed E-state index contributed by atoms with van der Waals surface area (Å²) in [5.74, 6) is 0.144. The highest BCUT2D eigenvalue weighted by Gasteiger charge is 2.49. The molecule has 166 valence electrons. The summed E-state index contributed by atoms with van der Waals surface area (Å²) in [4.78, 5) is 15.8. The van der Waals surface area contributed by atoms with Gasteiger partial charge in [0.15, 0.2) is 5.96 Å². The first-order chi connectivity index (χ1) is 15.8. The molecule has 1 aromatic heterocycles. The fraction of sp³-hybridized carbons (Fsp3) is 0.269. The first kappa shape index (κ1) is 21.7. The number of halogens is 1. The molecule has 0 spiro atoms. The van der Waals surface area contributed by atoms with Crippen LogP contribution in [0.25, 0.3) is 11.1 Å². The summed E-state index contributed by atoms with van der Waals surface area (Å²) in [5, 5.41) is 23.5. The van der Waals surface area contributed by atoms with Crippen molar-refractivity contribution in [2.45, 2.75) is 37.1 Å². The molecule has 3 aromatic rings. The molecule has 1 aliphatic heterocycles. The number of nitrogens with zero attached hydrogens (tertiary/aromatic N) is 2. The van der Waals surface area contributed by atoms with Crippen molar-refractivity contribution in [3.05, 3.63) is 80.5 Å². The van der Waals surface area contributed by atoms with Crippen LogP contribution in [0.4, 0.5) is 0 Å². The van der Waals surface area contributed by atoms with Gasteiger partial charge < -0.3 is 5.32 Å². The lowest BCUT2D eigenvalue weighted by molar-refractivity contribution is -0.131. The van der Waals surface area contributed by atoms with Gasteiger partial charge in [-0.05, 0) is 77.6 Å². The summed E-state index contributed by atoms with van der Waals surface area (Å²) in [6, 6.07) is 17.8. The lowest BCUT2D eigenvalue weighted by Crippen LogP contribution is -2.62. The van der Waals surface area contributed by atoms with Crippen molar-refractivity contribution < 1.29 is 4.79 Å². The second-order valence-electron chi connectivity index (χ2n) is 8.99. The van der Waals surface area contributed by atoms with Crippen LogP contribution in [-0.2, 0) is 10.3 Å². The molecule has 0 radical (unpaired) electrons. The highest BCUT2D eigenvalue weighted by atomic mass is 35.5. The van der Waals surface area contributed by atoms with Crippen LogP contribution in [0.5, 0.6) is 0 Å². The van der Waals surface area contributed by atoms with Crippen molar-refractivity contribution in [2.75, 3.05) is 7.05 Å². The minimum absolute atomic E-state index is 0.0813. The van der Waals surface area contributed by atoms with E-state index in [2.05, 4.69) is 35.7 Å². The summed E-state index contributed by atoms with van der Waals surface area (Å²) in [6.45, 7) is 1.99. The van der Waals surface area contributed by atoms with Crippen LogP contribution >= 0.6 is 22.9 Å². The van der Waals surface area contributed by atoms with Crippen molar-refractivity contribution in [1.82, 2.24) is 10.2 Å². The zero-order chi connectivity index (χ0) is 23.3. The molecule has 2 N–H and O–H groups in total. The lowest BCUT2D eigenvalue weighted by Gasteiger charge is -2.45. The number of hydrogen-bond donors (Lipinski definition) is 2. The Balaban J connectivity index is 1.57. The van der Waals surface area contributed by atoms with E-state index in [-0.39, 0.29) is 11.9 Å². The molecule has 7 heteroatoms. The largest absolute Gasteiger partial charge is 0.345 e. The Kier molecular flexibility index (Phi) is 5.27. The predicted molar refractivity (Wildman–Crippen MR) is 132 cm³/mol. The van der Waals surface area contributed by atoms with Crippen molar-refractivity contribution in [1.29, 1.82) is 10.7 Å². The Morgan fingerprint density at radius 1 is 1.15 bits per heavy atom. The smallest absolute Gasteiger partial charge is 0.239 e. The SMILES string of the molecule is CN1C(=N)N[C@](C)(c2cc(-c3cc(Cl)cc(C#N)c3)cs2)C(c2ccc(C3CC3)cc2)C1=O. The Hall–Kier alpha value is -3.14. The molecule has 2 aliphatic rings. The van der Waals surface area contributed by atoms with E-state index in [0.717, 1.165) is 21.6 Å². The molecule has 0 bridgehead atoms. The standard InChI is InChI=1S/C26H23ClN4OS/c1-26(22-12-20(14-33-22)19-9-15(13-28)10-21(27)11-19)23(24(32)31(2)25(29)30-26)18-7-5-17(6-8-18)16-3-4-16/h5-12,14,16,23H,3-4H2,1-2H3,(H2,29,30)/t23?,26-/m1/s1. The van der Waals surface area contributed by atoms with Crippen LogP contribution in [0.3, 0.4) is 0 Å². The maximum Gasteiger partial charge on any atom is 0.239 e. The first-order valence-corrected chi connectivity index (χ1v) is 12.1. The van der Waals surface area contributed by atoms with Gasteiger partial charge in [0.25, 0.3) is 0 Å². The first-order valence-electron chi connectivity index (χ1n) is 10.8. The Morgan fingerprint density at radius 3 is 2.52 bits per heavy atom. The summed E-state index contributed by atoms with van der Waals surface area (Å²) in [6.07, 6.45) is 2.46. The van der Waals surface area contributed by atoms with Gasteiger partial charge in [0, 0.05) is 16.9 Å². The molecule has 1 amide bonds. The number of guanidine groups is 1. The van der Waals surface area contributed by atoms with Crippen molar-refractivity contribution in [3.63, 3.8) is 0 Å². The molecule has 2 atom stereocenters. The van der Waals surface area contributed by atoms with Crippen LogP contribution in [0.15, 0.2) is 53.9 Å². The summed E-state index contributed by atoms with van der Waals surface area (Å²) in [7, 11) is 1.64. The molecular formula is C26H23ClN4OS. The average molecular weight is 475 g/mol. The number of rotatable bonds is 4. The third-order valence-electron chi connectivity index (χ3n) is 6.66. The highest BCUT2D eigenvalue weighted by molar-refractivity contribution is 7.10. The van der Waals surface area contributed by atoms with Crippen LogP contribution in [0.1, 0.15) is 53.2 Å². The predicted octanol–water partition coefficient (Wildman–Crippen LogP) is 5.81. The quantitative estimate of drug-likeness (QED) is 0.500. The Morgan fingerprint density at radius 2 is 1.85 bits per heavy atom. The summed E-state index contributed by atoms with van der Waals surface area (Å²) < 4.78 is 0. The number of hydrogen-bond acceptors (Lipinski definition) is 4. The van der Waals surface area contributed by atoms with E-state index in [4.69, 9.17) is 17.0 Å². The summed E-state index contributed by atoms with van der Waals surface area (Å²) in [5.41, 5.74) is 3.75. The minimum Gasteiger partial charge on any atom is -0.345 e. The van der Waals surface area contributed by atoms with Gasteiger partial charge in [-0.1, -0.05) is 35.9 Å². The van der Waals surface area contributed by atoms with Gasteiger partial charge in [-0.25, -0.2) is 0 Å². The zero-order valence-corrected chi connectivity index (χ0v) is 19.9. The van der Waals surface area contributed by atoms with Crippen molar-refractivity contribution >= 4 is 34.8 Å². The number of nitriles is 1. The molecule has 2 heterocycles. The molecule has 1 unspecified atom stereocenters. The van der Waals surface area contributed by atoms with Gasteiger partial charge in [-0.3, -0.25) is 15.1 Å². The number of carbonyl (C=O) groups is 1. The van der Waals surface area contributed by atoms with Gasteiger partial charge in [0.2, 0.25) is 5.91 Å². The van der Waals surface area contributed by atoms with E-state index < -0.39 is 11.5 Å². The fourth-order valence-corrected chi connectivity index (χ4v) is 5.89. The molecule has 33 heavy (non-hydrogen) atoms. The van der Waals surface area contributed by atoms with Gasteiger partial charge in [-0.15, -0.1) is 11.3 Å². The number of carbonyl (C=O) groups excluding carboxylic acids is 1. The minimum atomic E-state index is -0.790. The van der Waals surface area contributed by atoms with E-state index in [1.165, 1.54) is 34.6 Å². The number of amides is 1. The average Bonchev–Trinajstić information content (AvgIpc) is 3.52. The third-order valence-corrected chi connectivity index (χ3v) is 8.04. The maximum atomic E-state index is 13.5. The number of thiophene rings is 1. The van der Waals surface area contributed by atoms with Gasteiger partial charge in [0.1, 0.15) is 0 Å². The Bertz CT molecular complexity index is 1300. The maximum absolute atomic E-state index is 13.5. The molecule has 1 saturated heterocycles. The normalized spacial score (nSPS) is 22.7. The molecule has 5 nitrogen and oxygen atoms in total. The lowest BCUT2D eigenvalue weighted by atomic mass is 9.76. The molecule has 1 aliphatic carbocycles. The monoisotopic (exact) mass is 474 g/mol. The van der Waals surface area contributed by atoms with Crippen molar-refractivity contribution in [2.24, 2.45) is 0 Å². The van der Waals surface area contributed by atoms with Crippen LogP contribution in [0, 0.1) is 16.7 Å². The van der Waals surface area contributed by atoms with Gasteiger partial charge in [-0.2, -0.15) is 5.26 Å². The molecule has 1 saturated carbocycles. The molecule has 2 aromatic carbocycles. The van der Waals surface area contributed by atoms with E-state index in [1.807, 2.05) is 30.5 Å². The summed E-state index contributed by atoms with van der Waals surface area (Å²) >= 11 is 7.75. The molecular weight excluding hydrogens is 452 g/mol. The number of likely N-dealkylation sites (N-methyl/N-ethyl adjacent to an activating group) is 1. The fourth-order valence-electron chi connectivity index (χ4n) is 4.59. The molecule has 5 rings (SSSR count). The van der Waals surface area contributed by atoms with Crippen LogP contribution in [-0.4, -0.2) is 23.8 Å². The zero-order valence-electron chi connectivity index (χ0n) is 18.4. The van der Waals surface area contributed by atoms with E-state index in [9.17, 15) is 10.1 Å². The van der Waals surface area contributed by atoms with E-state index >= 15 is 0 Å². The second-order valence-corrected chi connectivity index (χ2v) is 10.3. The third kappa shape index (κ3) is 3.82. The van der Waals surface area contributed by atoms with Crippen molar-refractivity contribution in [3.8, 4) is 17.2 Å². The topological polar surface area (TPSA) is 80.0 Å². The number of nitrogens with one attached hydrogen (secondary N) is 2. The van der Waals surface area contributed by atoms with E-state index in [0.29, 0.717) is 16.5 Å². The second kappa shape index (κ2) is 8.02. The van der Waals surface area contributed by atoms with Gasteiger partial charge >= 0.3 is 0 Å². The Labute approximate surface area is 202 Å². The number of benzene rings is 2. The highest BCUT2D eigenvalue weighted by Crippen LogP contribution is 2.46. The van der Waals surface area contributed by atoms with Gasteiger partial charge in [0.05, 0.1) is 23.1 Å². The molecule has 2 fully saturated rings. The van der Waals surface area contributed by atoms with Crippen LogP contribution < -0.4 is 5.32 Å².